The zero-order valence-electron chi connectivity index (χ0n) is 19.3. The van der Waals surface area contributed by atoms with Crippen molar-refractivity contribution < 1.29 is 34.2 Å². The van der Waals surface area contributed by atoms with Crippen molar-refractivity contribution in [1.82, 2.24) is 25.9 Å². The number of carbonyl (C=O) groups excluding carboxylic acids is 4. The van der Waals surface area contributed by atoms with E-state index in [2.05, 4.69) is 25.9 Å². The normalized spacial score (nSPS) is 15.5. The number of carboxylic acid groups (broad SMARTS) is 1. The highest BCUT2D eigenvalue weighted by Crippen LogP contribution is 2.06. The summed E-state index contributed by atoms with van der Waals surface area (Å²) >= 11 is 0. The summed E-state index contributed by atoms with van der Waals surface area (Å²) in [6, 6.07) is -5.32. The highest BCUT2D eigenvalue weighted by atomic mass is 16.4. The standard InChI is InChI=1S/C20H33N7O7/c1-9(2)4-12(21)17(30)25-13(5-11-7-23-8-24-11)18(31)27-16(10(3)28)19(32)26-14(20(33)34)6-15(22)29/h7-10,12-14,16,28H,4-6,21H2,1-3H3,(H2,22,29)(H,23,24)(H,25,30)(H,26,32)(H,27,31)(H,33,34). The molecule has 190 valence electrons. The van der Waals surface area contributed by atoms with Crippen molar-refractivity contribution in [2.75, 3.05) is 0 Å². The van der Waals surface area contributed by atoms with E-state index in [1.54, 1.807) is 0 Å². The number of nitrogens with zero attached hydrogens (tertiary/aromatic N) is 1. The van der Waals surface area contributed by atoms with E-state index in [1.165, 1.54) is 19.4 Å². The molecule has 34 heavy (non-hydrogen) atoms. The van der Waals surface area contributed by atoms with Gasteiger partial charge in [-0.2, -0.15) is 0 Å². The number of primary amides is 1. The number of aliphatic carboxylic acids is 1. The van der Waals surface area contributed by atoms with Crippen LogP contribution in [0.1, 0.15) is 39.3 Å². The van der Waals surface area contributed by atoms with E-state index in [0.717, 1.165) is 0 Å². The molecule has 1 heterocycles. The molecule has 14 nitrogen and oxygen atoms in total. The van der Waals surface area contributed by atoms with E-state index in [-0.39, 0.29) is 12.3 Å². The number of aromatic amines is 1. The Balaban J connectivity index is 3.02. The Kier molecular flexibility index (Phi) is 11.1. The molecule has 1 rings (SSSR count). The lowest BCUT2D eigenvalue weighted by Gasteiger charge is -2.26. The number of carboxylic acids is 1. The van der Waals surface area contributed by atoms with Crippen LogP contribution in [0.2, 0.25) is 0 Å². The van der Waals surface area contributed by atoms with E-state index in [0.29, 0.717) is 12.1 Å². The van der Waals surface area contributed by atoms with Crippen molar-refractivity contribution in [3.8, 4) is 0 Å². The molecule has 0 saturated heterocycles. The third-order valence-electron chi connectivity index (χ3n) is 4.76. The van der Waals surface area contributed by atoms with Crippen LogP contribution in [0, 0.1) is 5.92 Å². The molecule has 0 fully saturated rings. The lowest BCUT2D eigenvalue weighted by molar-refractivity contribution is -0.144. The number of rotatable bonds is 14. The van der Waals surface area contributed by atoms with E-state index < -0.39 is 66.3 Å². The maximum absolute atomic E-state index is 13.0. The zero-order chi connectivity index (χ0) is 26.0. The third kappa shape index (κ3) is 9.54. The van der Waals surface area contributed by atoms with E-state index in [9.17, 15) is 34.2 Å². The number of aliphatic hydroxyl groups is 1. The molecule has 0 radical (unpaired) electrons. The number of aromatic nitrogens is 2. The summed E-state index contributed by atoms with van der Waals surface area (Å²) in [5, 5.41) is 26.1. The van der Waals surface area contributed by atoms with Crippen molar-refractivity contribution in [2.45, 2.75) is 70.3 Å². The molecule has 14 heteroatoms. The minimum atomic E-state index is -1.65. The van der Waals surface area contributed by atoms with Crippen molar-refractivity contribution in [3.63, 3.8) is 0 Å². The summed E-state index contributed by atoms with van der Waals surface area (Å²) in [5.74, 6) is -4.83. The number of imidazole rings is 1. The topological polar surface area (TPSA) is 243 Å². The van der Waals surface area contributed by atoms with Crippen LogP contribution in [0.3, 0.4) is 0 Å². The second-order valence-corrected chi connectivity index (χ2v) is 8.37. The van der Waals surface area contributed by atoms with Crippen LogP contribution in [-0.4, -0.2) is 80.1 Å². The van der Waals surface area contributed by atoms with Crippen molar-refractivity contribution in [1.29, 1.82) is 0 Å². The van der Waals surface area contributed by atoms with Gasteiger partial charge in [-0.3, -0.25) is 19.2 Å². The Hall–Kier alpha value is -3.52. The summed E-state index contributed by atoms with van der Waals surface area (Å²) in [4.78, 5) is 67.1. The minimum absolute atomic E-state index is 0.0282. The van der Waals surface area contributed by atoms with Gasteiger partial charge in [0, 0.05) is 18.3 Å². The number of carbonyl (C=O) groups is 5. The third-order valence-corrected chi connectivity index (χ3v) is 4.76. The molecule has 0 saturated carbocycles. The van der Waals surface area contributed by atoms with Crippen LogP contribution in [0.5, 0.6) is 0 Å². The van der Waals surface area contributed by atoms with Crippen LogP contribution >= 0.6 is 0 Å². The van der Waals surface area contributed by atoms with Crippen LogP contribution in [0.4, 0.5) is 0 Å². The van der Waals surface area contributed by atoms with E-state index >= 15 is 0 Å². The van der Waals surface area contributed by atoms with Gasteiger partial charge < -0.3 is 42.6 Å². The summed E-state index contributed by atoms with van der Waals surface area (Å²) in [7, 11) is 0. The fourth-order valence-corrected chi connectivity index (χ4v) is 3.04. The van der Waals surface area contributed by atoms with Crippen molar-refractivity contribution in [2.24, 2.45) is 17.4 Å². The maximum atomic E-state index is 13.0. The predicted molar refractivity (Wildman–Crippen MR) is 119 cm³/mol. The van der Waals surface area contributed by atoms with Gasteiger partial charge in [0.2, 0.25) is 23.6 Å². The first kappa shape index (κ1) is 28.5. The SMILES string of the molecule is CC(C)CC(N)C(=O)NC(Cc1cnc[nH]1)C(=O)NC(C(=O)NC(CC(N)=O)C(=O)O)C(C)O. The molecule has 0 spiro atoms. The molecule has 0 aliphatic rings. The number of aliphatic hydroxyl groups excluding tert-OH is 1. The molecular formula is C20H33N7O7. The highest BCUT2D eigenvalue weighted by Gasteiger charge is 2.33. The quantitative estimate of drug-likeness (QED) is 0.135. The van der Waals surface area contributed by atoms with Crippen LogP contribution < -0.4 is 27.4 Å². The molecule has 1 aromatic rings. The minimum Gasteiger partial charge on any atom is -0.480 e. The molecule has 0 aromatic carbocycles. The number of hydrogen-bond donors (Lipinski definition) is 8. The lowest BCUT2D eigenvalue weighted by atomic mass is 10.0. The molecule has 0 aliphatic heterocycles. The second-order valence-electron chi connectivity index (χ2n) is 8.37. The Morgan fingerprint density at radius 1 is 1.03 bits per heavy atom. The van der Waals surface area contributed by atoms with Gasteiger partial charge in [0.1, 0.15) is 18.1 Å². The van der Waals surface area contributed by atoms with Gasteiger partial charge in [-0.25, -0.2) is 9.78 Å². The van der Waals surface area contributed by atoms with E-state index in [4.69, 9.17) is 11.5 Å². The molecule has 0 aliphatic carbocycles. The van der Waals surface area contributed by atoms with E-state index in [1.807, 2.05) is 13.8 Å². The van der Waals surface area contributed by atoms with Crippen molar-refractivity contribution >= 4 is 29.6 Å². The smallest absolute Gasteiger partial charge is 0.326 e. The number of nitrogens with one attached hydrogen (secondary N) is 4. The Morgan fingerprint density at radius 2 is 1.65 bits per heavy atom. The maximum Gasteiger partial charge on any atom is 0.326 e. The highest BCUT2D eigenvalue weighted by molar-refractivity contribution is 5.95. The first-order valence-electron chi connectivity index (χ1n) is 10.6. The van der Waals surface area contributed by atoms with Crippen molar-refractivity contribution in [3.05, 3.63) is 18.2 Å². The molecule has 5 unspecified atom stereocenters. The molecule has 5 atom stereocenters. The summed E-state index contributed by atoms with van der Waals surface area (Å²) in [6.07, 6.45) is 1.04. The zero-order valence-corrected chi connectivity index (χ0v) is 19.3. The first-order valence-corrected chi connectivity index (χ1v) is 10.6. The average Bonchev–Trinajstić information content (AvgIpc) is 3.22. The number of amides is 4. The predicted octanol–water partition coefficient (Wildman–Crippen LogP) is -2.88. The molecule has 4 amide bonds. The Labute approximate surface area is 196 Å². The number of hydrogen-bond acceptors (Lipinski definition) is 8. The van der Waals surface area contributed by atoms with Crippen LogP contribution in [-0.2, 0) is 30.4 Å². The van der Waals surface area contributed by atoms with Gasteiger partial charge in [-0.15, -0.1) is 0 Å². The fraction of sp³-hybridized carbons (Fsp3) is 0.600. The fourth-order valence-electron chi connectivity index (χ4n) is 3.04. The largest absolute Gasteiger partial charge is 0.480 e. The van der Waals surface area contributed by atoms with Crippen LogP contribution in [0.25, 0.3) is 0 Å². The summed E-state index contributed by atoms with van der Waals surface area (Å²) in [6.45, 7) is 4.97. The molecule has 0 bridgehead atoms. The first-order chi connectivity index (χ1) is 15.8. The molecule has 10 N–H and O–H groups in total. The Morgan fingerprint density at radius 3 is 2.12 bits per heavy atom. The van der Waals surface area contributed by atoms with Gasteiger partial charge >= 0.3 is 5.97 Å². The number of H-pyrrole nitrogens is 1. The lowest BCUT2D eigenvalue weighted by Crippen LogP contribution is -2.60. The molecular weight excluding hydrogens is 450 g/mol. The van der Waals surface area contributed by atoms with Gasteiger partial charge in [0.25, 0.3) is 0 Å². The van der Waals surface area contributed by atoms with Gasteiger partial charge in [-0.1, -0.05) is 13.8 Å². The average molecular weight is 484 g/mol. The summed E-state index contributed by atoms with van der Waals surface area (Å²) < 4.78 is 0. The van der Waals surface area contributed by atoms with Gasteiger partial charge in [-0.05, 0) is 19.3 Å². The molecule has 1 aromatic heterocycles. The van der Waals surface area contributed by atoms with Crippen LogP contribution in [0.15, 0.2) is 12.5 Å². The summed E-state index contributed by atoms with van der Waals surface area (Å²) in [5.41, 5.74) is 11.4. The monoisotopic (exact) mass is 483 g/mol. The van der Waals surface area contributed by atoms with Gasteiger partial charge in [0.05, 0.1) is 24.9 Å². The second kappa shape index (κ2) is 13.3. The number of nitrogens with two attached hydrogens (primary N) is 2. The van der Waals surface area contributed by atoms with Gasteiger partial charge in [0.15, 0.2) is 0 Å². The Bertz CT molecular complexity index is 857.